The molecule has 1 aromatic rings. The molecule has 0 fully saturated rings. The van der Waals surface area contributed by atoms with Gasteiger partial charge in [0.2, 0.25) is 5.91 Å². The van der Waals surface area contributed by atoms with E-state index in [1.165, 1.54) is 0 Å². The summed E-state index contributed by atoms with van der Waals surface area (Å²) in [6.45, 7) is 0. The molecule has 1 aromatic carbocycles. The van der Waals surface area contributed by atoms with Gasteiger partial charge in [0.15, 0.2) is 0 Å². The number of esters is 1. The van der Waals surface area contributed by atoms with Crippen LogP contribution in [0.2, 0.25) is 0 Å². The molecule has 0 radical (unpaired) electrons. The van der Waals surface area contributed by atoms with E-state index in [1.807, 2.05) is 6.07 Å². The highest BCUT2D eigenvalue weighted by atomic mass is 19.4. The van der Waals surface area contributed by atoms with Crippen molar-refractivity contribution in [2.24, 2.45) is 0 Å². The molecule has 0 heterocycles. The van der Waals surface area contributed by atoms with Gasteiger partial charge in [-0.2, -0.15) is 31.6 Å². The number of ether oxygens (including phenoxy) is 1. The van der Waals surface area contributed by atoms with Crippen LogP contribution in [-0.4, -0.2) is 25.0 Å². The molecule has 0 aliphatic heterocycles. The van der Waals surface area contributed by atoms with Gasteiger partial charge in [-0.05, 0) is 36.6 Å². The van der Waals surface area contributed by atoms with E-state index in [9.17, 15) is 35.9 Å². The second-order valence-corrected chi connectivity index (χ2v) is 5.78. The van der Waals surface area contributed by atoms with Gasteiger partial charge in [0, 0.05) is 6.42 Å². The zero-order valence-electron chi connectivity index (χ0n) is 14.6. The Balaban J connectivity index is 3.03. The number of unbranched alkanes of at least 4 members (excludes halogenated alkanes) is 1. The summed E-state index contributed by atoms with van der Waals surface area (Å²) in [6, 6.07) is 1.51. The zero-order valence-corrected chi connectivity index (χ0v) is 14.6. The van der Waals surface area contributed by atoms with Crippen LogP contribution in [0.4, 0.5) is 26.3 Å². The van der Waals surface area contributed by atoms with Gasteiger partial charge in [-0.25, -0.2) is 4.79 Å². The van der Waals surface area contributed by atoms with E-state index in [0.717, 1.165) is 7.11 Å². The number of alkyl halides is 6. The Morgan fingerprint density at radius 3 is 2.07 bits per heavy atom. The molecule has 11 heteroatoms. The summed E-state index contributed by atoms with van der Waals surface area (Å²) in [5, 5.41) is 10.7. The minimum Gasteiger partial charge on any atom is -0.467 e. The Morgan fingerprint density at radius 1 is 1.11 bits per heavy atom. The van der Waals surface area contributed by atoms with Crippen molar-refractivity contribution in [3.8, 4) is 6.07 Å². The number of amides is 1. The van der Waals surface area contributed by atoms with Crippen LogP contribution >= 0.6 is 0 Å². The second-order valence-electron chi connectivity index (χ2n) is 5.78. The number of nitrogens with one attached hydrogen (secondary N) is 1. The Labute approximate surface area is 156 Å². The zero-order chi connectivity index (χ0) is 21.5. The number of rotatable bonds is 7. The standard InChI is InChI=1S/C17H16F6N2O3/c1-28-15(27)13(4-2-3-5-24)25-14(26)8-10-6-11(16(18,19)20)9-12(7-10)17(21,22)23/h6-7,9,13H,2-4,8H2,1H3,(H,25,26)/t13-/m1/s1. The van der Waals surface area contributed by atoms with Crippen molar-refractivity contribution in [1.29, 1.82) is 5.26 Å². The molecular weight excluding hydrogens is 394 g/mol. The third-order valence-electron chi connectivity index (χ3n) is 3.61. The predicted molar refractivity (Wildman–Crippen MR) is 83.6 cm³/mol. The smallest absolute Gasteiger partial charge is 0.416 e. The van der Waals surface area contributed by atoms with E-state index in [4.69, 9.17) is 5.26 Å². The van der Waals surface area contributed by atoms with Crippen LogP contribution in [-0.2, 0) is 33.1 Å². The maximum atomic E-state index is 12.9. The van der Waals surface area contributed by atoms with Crippen molar-refractivity contribution in [3.63, 3.8) is 0 Å². The van der Waals surface area contributed by atoms with E-state index < -0.39 is 53.4 Å². The van der Waals surface area contributed by atoms with Crippen LogP contribution in [0.5, 0.6) is 0 Å². The molecule has 1 N–H and O–H groups in total. The Hall–Kier alpha value is -2.77. The summed E-state index contributed by atoms with van der Waals surface area (Å²) in [5.74, 6) is -1.80. The number of hydrogen-bond donors (Lipinski definition) is 1. The van der Waals surface area contributed by atoms with E-state index in [1.54, 1.807) is 0 Å². The van der Waals surface area contributed by atoms with Gasteiger partial charge >= 0.3 is 18.3 Å². The molecule has 154 valence electrons. The van der Waals surface area contributed by atoms with Crippen LogP contribution in [0.15, 0.2) is 18.2 Å². The van der Waals surface area contributed by atoms with Gasteiger partial charge in [0.25, 0.3) is 0 Å². The highest BCUT2D eigenvalue weighted by Gasteiger charge is 2.37. The molecule has 0 aromatic heterocycles. The van der Waals surface area contributed by atoms with Crippen LogP contribution in [0, 0.1) is 11.3 Å². The maximum absolute atomic E-state index is 12.9. The molecule has 1 rings (SSSR count). The number of benzene rings is 1. The number of nitriles is 1. The fraction of sp³-hybridized carbons (Fsp3) is 0.471. The summed E-state index contributed by atoms with van der Waals surface area (Å²) < 4.78 is 81.6. The fourth-order valence-electron chi connectivity index (χ4n) is 2.33. The molecule has 0 saturated heterocycles. The summed E-state index contributed by atoms with van der Waals surface area (Å²) in [5.41, 5.74) is -3.59. The van der Waals surface area contributed by atoms with Crippen molar-refractivity contribution in [3.05, 3.63) is 34.9 Å². The maximum Gasteiger partial charge on any atom is 0.416 e. The van der Waals surface area contributed by atoms with E-state index in [0.29, 0.717) is 12.1 Å². The van der Waals surface area contributed by atoms with Gasteiger partial charge in [-0.1, -0.05) is 0 Å². The first-order chi connectivity index (χ1) is 12.9. The lowest BCUT2D eigenvalue weighted by atomic mass is 10.0. The summed E-state index contributed by atoms with van der Waals surface area (Å²) in [6.07, 6.45) is -10.5. The lowest BCUT2D eigenvalue weighted by molar-refractivity contribution is -0.145. The number of hydrogen-bond acceptors (Lipinski definition) is 4. The van der Waals surface area contributed by atoms with Gasteiger partial charge < -0.3 is 10.1 Å². The van der Waals surface area contributed by atoms with E-state index in [-0.39, 0.29) is 25.3 Å². The van der Waals surface area contributed by atoms with Crippen molar-refractivity contribution in [1.82, 2.24) is 5.32 Å². The number of nitrogens with zero attached hydrogens (tertiary/aromatic N) is 1. The van der Waals surface area contributed by atoms with Gasteiger partial charge in [-0.3, -0.25) is 4.79 Å². The lowest BCUT2D eigenvalue weighted by Crippen LogP contribution is -2.42. The Morgan fingerprint density at radius 2 is 1.64 bits per heavy atom. The third kappa shape index (κ3) is 7.09. The molecule has 0 unspecified atom stereocenters. The first-order valence-corrected chi connectivity index (χ1v) is 7.91. The van der Waals surface area contributed by atoms with Crippen LogP contribution < -0.4 is 5.32 Å². The molecule has 0 aliphatic rings. The number of halogens is 6. The fourth-order valence-corrected chi connectivity index (χ4v) is 2.33. The minimum atomic E-state index is -5.03. The average Bonchev–Trinajstić information content (AvgIpc) is 2.58. The second kappa shape index (κ2) is 9.43. The van der Waals surface area contributed by atoms with E-state index in [2.05, 4.69) is 10.1 Å². The Kier molecular flexibility index (Phi) is 7.84. The number of carbonyl (C=O) groups excluding carboxylic acids is 2. The van der Waals surface area contributed by atoms with Crippen molar-refractivity contribution in [2.75, 3.05) is 7.11 Å². The molecular formula is C17H16F6N2O3. The predicted octanol–water partition coefficient (Wildman–Crippen LogP) is 3.62. The molecule has 1 atom stereocenters. The minimum absolute atomic E-state index is 0.0301. The molecule has 1 amide bonds. The van der Waals surface area contributed by atoms with Crippen LogP contribution in [0.25, 0.3) is 0 Å². The van der Waals surface area contributed by atoms with Gasteiger partial charge in [-0.15, -0.1) is 0 Å². The molecule has 0 aliphatic carbocycles. The third-order valence-corrected chi connectivity index (χ3v) is 3.61. The highest BCUT2D eigenvalue weighted by molar-refractivity contribution is 5.85. The summed E-state index contributed by atoms with van der Waals surface area (Å²) in [4.78, 5) is 23.7. The molecule has 5 nitrogen and oxygen atoms in total. The van der Waals surface area contributed by atoms with Crippen molar-refractivity contribution in [2.45, 2.75) is 44.1 Å². The quantitative estimate of drug-likeness (QED) is 0.423. The topological polar surface area (TPSA) is 79.2 Å². The van der Waals surface area contributed by atoms with E-state index >= 15 is 0 Å². The molecule has 0 spiro atoms. The SMILES string of the molecule is COC(=O)[C@@H](CCCC#N)NC(=O)Cc1cc(C(F)(F)F)cc(C(F)(F)F)c1. The van der Waals surface area contributed by atoms with Crippen molar-refractivity contribution >= 4 is 11.9 Å². The lowest BCUT2D eigenvalue weighted by Gasteiger charge is -2.17. The van der Waals surface area contributed by atoms with Crippen LogP contribution in [0.3, 0.4) is 0 Å². The largest absolute Gasteiger partial charge is 0.467 e. The first kappa shape index (κ1) is 23.3. The normalized spacial score (nSPS) is 12.8. The summed E-state index contributed by atoms with van der Waals surface area (Å²) in [7, 11) is 1.05. The number of carbonyl (C=O) groups is 2. The van der Waals surface area contributed by atoms with Crippen molar-refractivity contribution < 1.29 is 40.7 Å². The average molecular weight is 410 g/mol. The Bertz CT molecular complexity index is 720. The molecule has 28 heavy (non-hydrogen) atoms. The first-order valence-electron chi connectivity index (χ1n) is 7.91. The molecule has 0 bridgehead atoms. The monoisotopic (exact) mass is 410 g/mol. The highest BCUT2D eigenvalue weighted by Crippen LogP contribution is 2.36. The molecule has 0 saturated carbocycles. The summed E-state index contributed by atoms with van der Waals surface area (Å²) >= 11 is 0. The van der Waals surface area contributed by atoms with Crippen LogP contribution in [0.1, 0.15) is 36.0 Å². The van der Waals surface area contributed by atoms with Gasteiger partial charge in [0.1, 0.15) is 6.04 Å². The number of methoxy groups -OCH3 is 1. The van der Waals surface area contributed by atoms with Gasteiger partial charge in [0.05, 0.1) is 30.7 Å².